The lowest BCUT2D eigenvalue weighted by Gasteiger charge is -2.02. The number of rotatable bonds is 3. The first kappa shape index (κ1) is 11.8. The van der Waals surface area contributed by atoms with Crippen LogP contribution in [0.2, 0.25) is 0 Å². The van der Waals surface area contributed by atoms with Crippen LogP contribution in [0.4, 0.5) is 4.39 Å². The summed E-state index contributed by atoms with van der Waals surface area (Å²) in [4.78, 5) is 5.96. The van der Waals surface area contributed by atoms with Gasteiger partial charge in [-0.25, -0.2) is 9.37 Å². The van der Waals surface area contributed by atoms with Gasteiger partial charge in [0.25, 0.3) is 0 Å². The standard InChI is InChI=1S/C13H14FN5/c1-3-18-11-7-5-6-9(14)12(11)16-13(18)10-8-15-19(4-2)17-10/h5-8H,3-4H2,1-2H3. The number of para-hydroxylation sites is 1. The molecule has 0 unspecified atom stereocenters. The van der Waals surface area contributed by atoms with E-state index in [1.165, 1.54) is 6.07 Å². The van der Waals surface area contributed by atoms with E-state index in [4.69, 9.17) is 0 Å². The highest BCUT2D eigenvalue weighted by atomic mass is 19.1. The number of aromatic nitrogens is 5. The maximum absolute atomic E-state index is 13.8. The SMILES string of the molecule is CCn1ncc(-c2nc3c(F)cccc3n2CC)n1. The summed E-state index contributed by atoms with van der Waals surface area (Å²) in [5.41, 5.74) is 1.83. The van der Waals surface area contributed by atoms with Gasteiger partial charge in [0.1, 0.15) is 11.2 Å². The largest absolute Gasteiger partial charge is 0.323 e. The predicted molar refractivity (Wildman–Crippen MR) is 70.1 cm³/mol. The highest BCUT2D eigenvalue weighted by Crippen LogP contribution is 2.24. The Morgan fingerprint density at radius 3 is 2.74 bits per heavy atom. The van der Waals surface area contributed by atoms with Crippen LogP contribution in [-0.4, -0.2) is 24.5 Å². The lowest BCUT2D eigenvalue weighted by atomic mass is 10.3. The number of hydrogen-bond acceptors (Lipinski definition) is 3. The Morgan fingerprint density at radius 1 is 1.21 bits per heavy atom. The quantitative estimate of drug-likeness (QED) is 0.726. The van der Waals surface area contributed by atoms with Crippen LogP contribution < -0.4 is 0 Å². The molecule has 0 amide bonds. The monoisotopic (exact) mass is 259 g/mol. The minimum absolute atomic E-state index is 0.311. The second-order valence-corrected chi connectivity index (χ2v) is 4.21. The third-order valence-electron chi connectivity index (χ3n) is 3.09. The second-order valence-electron chi connectivity index (χ2n) is 4.21. The Hall–Kier alpha value is -2.24. The molecule has 0 bridgehead atoms. The molecule has 2 aromatic heterocycles. The summed E-state index contributed by atoms with van der Waals surface area (Å²) in [7, 11) is 0. The molecule has 3 rings (SSSR count). The zero-order chi connectivity index (χ0) is 13.4. The molecule has 5 nitrogen and oxygen atoms in total. The number of halogens is 1. The van der Waals surface area contributed by atoms with Crippen molar-refractivity contribution in [2.75, 3.05) is 0 Å². The molecule has 0 N–H and O–H groups in total. The molecule has 0 spiro atoms. The van der Waals surface area contributed by atoms with E-state index in [9.17, 15) is 4.39 Å². The van der Waals surface area contributed by atoms with Crippen LogP contribution in [0, 0.1) is 5.82 Å². The predicted octanol–water partition coefficient (Wildman–Crippen LogP) is 2.47. The van der Waals surface area contributed by atoms with Crippen LogP contribution >= 0.6 is 0 Å². The number of benzene rings is 1. The molecule has 0 saturated heterocycles. The van der Waals surface area contributed by atoms with E-state index in [0.29, 0.717) is 30.1 Å². The molecular formula is C13H14FN5. The molecule has 0 aliphatic heterocycles. The van der Waals surface area contributed by atoms with E-state index < -0.39 is 0 Å². The first-order chi connectivity index (χ1) is 9.24. The lowest BCUT2D eigenvalue weighted by Crippen LogP contribution is -2.00. The Labute approximate surface area is 109 Å². The van der Waals surface area contributed by atoms with Gasteiger partial charge >= 0.3 is 0 Å². The van der Waals surface area contributed by atoms with Crippen molar-refractivity contribution in [3.8, 4) is 11.5 Å². The van der Waals surface area contributed by atoms with Crippen molar-refractivity contribution in [3.63, 3.8) is 0 Å². The van der Waals surface area contributed by atoms with Crippen molar-refractivity contribution in [1.82, 2.24) is 24.5 Å². The molecule has 6 heteroatoms. The summed E-state index contributed by atoms with van der Waals surface area (Å²) in [6.45, 7) is 5.36. The van der Waals surface area contributed by atoms with Crippen LogP contribution in [0.25, 0.3) is 22.6 Å². The van der Waals surface area contributed by atoms with Crippen LogP contribution in [0.15, 0.2) is 24.4 Å². The van der Waals surface area contributed by atoms with E-state index in [0.717, 1.165) is 5.52 Å². The van der Waals surface area contributed by atoms with Crippen LogP contribution in [0.5, 0.6) is 0 Å². The summed E-state index contributed by atoms with van der Waals surface area (Å²) in [6.07, 6.45) is 1.66. The highest BCUT2D eigenvalue weighted by Gasteiger charge is 2.16. The number of imidazole rings is 1. The van der Waals surface area contributed by atoms with Gasteiger partial charge in [0.05, 0.1) is 18.3 Å². The average molecular weight is 259 g/mol. The van der Waals surface area contributed by atoms with Gasteiger partial charge in [0.2, 0.25) is 0 Å². The van der Waals surface area contributed by atoms with Crippen molar-refractivity contribution in [3.05, 3.63) is 30.2 Å². The van der Waals surface area contributed by atoms with Crippen molar-refractivity contribution in [2.24, 2.45) is 0 Å². The third-order valence-corrected chi connectivity index (χ3v) is 3.09. The molecule has 0 aliphatic rings. The fourth-order valence-corrected chi connectivity index (χ4v) is 2.18. The summed E-state index contributed by atoms with van der Waals surface area (Å²) in [6, 6.07) is 4.98. The molecule has 0 aliphatic carbocycles. The van der Waals surface area contributed by atoms with Gasteiger partial charge in [-0.1, -0.05) is 6.07 Å². The van der Waals surface area contributed by atoms with Gasteiger partial charge in [-0.3, -0.25) is 0 Å². The number of aryl methyl sites for hydroxylation is 2. The van der Waals surface area contributed by atoms with Gasteiger partial charge in [0.15, 0.2) is 11.6 Å². The number of hydrogen-bond donors (Lipinski definition) is 0. The summed E-state index contributed by atoms with van der Waals surface area (Å²) in [5, 5.41) is 8.47. The molecule has 0 radical (unpaired) electrons. The zero-order valence-electron chi connectivity index (χ0n) is 10.8. The first-order valence-electron chi connectivity index (χ1n) is 6.29. The van der Waals surface area contributed by atoms with E-state index in [-0.39, 0.29) is 5.82 Å². The Balaban J connectivity index is 2.25. The fourth-order valence-electron chi connectivity index (χ4n) is 2.18. The molecule has 98 valence electrons. The minimum Gasteiger partial charge on any atom is -0.323 e. The molecule has 0 atom stereocenters. The lowest BCUT2D eigenvalue weighted by molar-refractivity contribution is 0.570. The maximum Gasteiger partial charge on any atom is 0.163 e. The van der Waals surface area contributed by atoms with Crippen molar-refractivity contribution in [2.45, 2.75) is 26.9 Å². The maximum atomic E-state index is 13.8. The van der Waals surface area contributed by atoms with Crippen LogP contribution in [0.1, 0.15) is 13.8 Å². The van der Waals surface area contributed by atoms with Crippen molar-refractivity contribution >= 4 is 11.0 Å². The number of fused-ring (bicyclic) bond motifs is 1. The second kappa shape index (κ2) is 4.46. The van der Waals surface area contributed by atoms with Gasteiger partial charge in [-0.2, -0.15) is 15.0 Å². The van der Waals surface area contributed by atoms with Gasteiger partial charge in [0, 0.05) is 6.54 Å². The van der Waals surface area contributed by atoms with E-state index >= 15 is 0 Å². The van der Waals surface area contributed by atoms with Crippen LogP contribution in [0.3, 0.4) is 0 Å². The molecular weight excluding hydrogens is 245 g/mol. The van der Waals surface area contributed by atoms with Gasteiger partial charge in [-0.05, 0) is 26.0 Å². The molecule has 0 fully saturated rings. The van der Waals surface area contributed by atoms with E-state index in [1.54, 1.807) is 17.1 Å². The normalized spacial score (nSPS) is 11.3. The van der Waals surface area contributed by atoms with Crippen molar-refractivity contribution < 1.29 is 4.39 Å². The van der Waals surface area contributed by atoms with Gasteiger partial charge in [-0.15, -0.1) is 0 Å². The molecule has 19 heavy (non-hydrogen) atoms. The Morgan fingerprint density at radius 2 is 2.05 bits per heavy atom. The topological polar surface area (TPSA) is 48.5 Å². The molecule has 1 aromatic carbocycles. The zero-order valence-corrected chi connectivity index (χ0v) is 10.8. The number of nitrogens with zero attached hydrogens (tertiary/aromatic N) is 5. The molecule has 2 heterocycles. The average Bonchev–Trinajstić information content (AvgIpc) is 3.02. The fraction of sp³-hybridized carbons (Fsp3) is 0.308. The molecule has 3 aromatic rings. The smallest absolute Gasteiger partial charge is 0.163 e. The molecule has 0 saturated carbocycles. The highest BCUT2D eigenvalue weighted by molar-refractivity contribution is 5.80. The summed E-state index contributed by atoms with van der Waals surface area (Å²) < 4.78 is 15.7. The summed E-state index contributed by atoms with van der Waals surface area (Å²) in [5.74, 6) is 0.344. The summed E-state index contributed by atoms with van der Waals surface area (Å²) >= 11 is 0. The third kappa shape index (κ3) is 1.80. The Kier molecular flexibility index (Phi) is 2.77. The van der Waals surface area contributed by atoms with E-state index in [2.05, 4.69) is 15.2 Å². The van der Waals surface area contributed by atoms with Crippen LogP contribution in [-0.2, 0) is 13.1 Å². The Bertz CT molecular complexity index is 728. The van der Waals surface area contributed by atoms with Gasteiger partial charge < -0.3 is 4.57 Å². The minimum atomic E-state index is -0.311. The van der Waals surface area contributed by atoms with E-state index in [1.807, 2.05) is 24.5 Å². The van der Waals surface area contributed by atoms with Crippen molar-refractivity contribution in [1.29, 1.82) is 0 Å². The first-order valence-corrected chi connectivity index (χ1v) is 6.29.